The van der Waals surface area contributed by atoms with Gasteiger partial charge in [-0.05, 0) is 43.7 Å². The number of nitrogens with zero attached hydrogens (tertiary/aromatic N) is 3. The highest BCUT2D eigenvalue weighted by Gasteiger charge is 2.26. The number of likely N-dealkylation sites (tertiary alicyclic amines) is 1. The van der Waals surface area contributed by atoms with Crippen molar-refractivity contribution >= 4 is 5.91 Å². The zero-order valence-electron chi connectivity index (χ0n) is 17.9. The van der Waals surface area contributed by atoms with Gasteiger partial charge in [-0.2, -0.15) is 5.10 Å². The van der Waals surface area contributed by atoms with Crippen molar-refractivity contribution in [3.8, 4) is 11.3 Å². The number of rotatable bonds is 5. The lowest BCUT2D eigenvalue weighted by molar-refractivity contribution is -0.126. The average molecular weight is 395 g/mol. The molecule has 1 N–H and O–H groups in total. The number of nitrogens with one attached hydrogen (secondary N) is 1. The number of hydrogen-bond donors (Lipinski definition) is 1. The SMILES string of the molecule is CNC(=O)[C@@H]1CCCN(Cc2cn(C)nc2-c2ccc(C3CCCCC3)cc2)C1. The van der Waals surface area contributed by atoms with Gasteiger partial charge in [-0.3, -0.25) is 14.4 Å². The van der Waals surface area contributed by atoms with E-state index in [9.17, 15) is 4.79 Å². The number of hydrogen-bond acceptors (Lipinski definition) is 3. The maximum absolute atomic E-state index is 12.1. The van der Waals surface area contributed by atoms with Crippen molar-refractivity contribution in [1.29, 1.82) is 0 Å². The number of piperidine rings is 1. The Kier molecular flexibility index (Phi) is 6.34. The molecular weight excluding hydrogens is 360 g/mol. The van der Waals surface area contributed by atoms with Crippen LogP contribution < -0.4 is 5.32 Å². The van der Waals surface area contributed by atoms with Crippen molar-refractivity contribution in [2.24, 2.45) is 13.0 Å². The summed E-state index contributed by atoms with van der Waals surface area (Å²) in [5, 5.41) is 7.58. The highest BCUT2D eigenvalue weighted by Crippen LogP contribution is 2.34. The first kappa shape index (κ1) is 20.1. The number of amides is 1. The van der Waals surface area contributed by atoms with Gasteiger partial charge in [0.05, 0.1) is 11.6 Å². The van der Waals surface area contributed by atoms with Crippen LogP contribution in [0.3, 0.4) is 0 Å². The molecule has 2 aromatic rings. The maximum Gasteiger partial charge on any atom is 0.224 e. The molecule has 0 radical (unpaired) electrons. The Morgan fingerprint density at radius 1 is 1.10 bits per heavy atom. The normalized spacial score (nSPS) is 21.2. The third kappa shape index (κ3) is 4.72. The Morgan fingerprint density at radius 2 is 1.86 bits per heavy atom. The van der Waals surface area contributed by atoms with Crippen LogP contribution in [0.1, 0.15) is 62.0 Å². The predicted octanol–water partition coefficient (Wildman–Crippen LogP) is 4.09. The molecule has 1 aliphatic heterocycles. The molecule has 2 aliphatic rings. The summed E-state index contributed by atoms with van der Waals surface area (Å²) in [7, 11) is 3.73. The lowest BCUT2D eigenvalue weighted by atomic mass is 9.84. The van der Waals surface area contributed by atoms with E-state index in [2.05, 4.69) is 40.7 Å². The van der Waals surface area contributed by atoms with E-state index in [1.807, 2.05) is 11.7 Å². The van der Waals surface area contributed by atoms with Crippen molar-refractivity contribution in [2.75, 3.05) is 20.1 Å². The van der Waals surface area contributed by atoms with E-state index >= 15 is 0 Å². The van der Waals surface area contributed by atoms with Crippen molar-refractivity contribution < 1.29 is 4.79 Å². The summed E-state index contributed by atoms with van der Waals surface area (Å²) in [4.78, 5) is 14.5. The standard InChI is InChI=1S/C24H34N4O/c1-25-24(29)21-9-6-14-28(16-21)17-22-15-27(2)26-23(22)20-12-10-19(11-13-20)18-7-4-3-5-8-18/h10-13,15,18,21H,3-9,14,16-17H2,1-2H3,(H,25,29)/t21-/m1/s1. The number of aromatic nitrogens is 2. The van der Waals surface area contributed by atoms with E-state index in [1.54, 1.807) is 7.05 Å². The Balaban J connectivity index is 1.48. The molecule has 1 aromatic carbocycles. The summed E-state index contributed by atoms with van der Waals surface area (Å²) < 4.78 is 1.92. The number of benzene rings is 1. The molecule has 1 aromatic heterocycles. The van der Waals surface area contributed by atoms with Crippen LogP contribution in [0.15, 0.2) is 30.5 Å². The van der Waals surface area contributed by atoms with Gasteiger partial charge < -0.3 is 5.32 Å². The van der Waals surface area contributed by atoms with Crippen LogP contribution in [0, 0.1) is 5.92 Å². The Hall–Kier alpha value is -2.14. The fraction of sp³-hybridized carbons (Fsp3) is 0.583. The van der Waals surface area contributed by atoms with Crippen LogP contribution in [0.4, 0.5) is 0 Å². The first-order chi connectivity index (χ1) is 14.1. The van der Waals surface area contributed by atoms with Gasteiger partial charge in [0.15, 0.2) is 0 Å². The van der Waals surface area contributed by atoms with E-state index in [-0.39, 0.29) is 11.8 Å². The number of carbonyl (C=O) groups is 1. The smallest absolute Gasteiger partial charge is 0.224 e. The molecule has 2 fully saturated rings. The molecule has 1 saturated carbocycles. The third-order valence-corrected chi connectivity index (χ3v) is 6.68. The zero-order chi connectivity index (χ0) is 20.2. The van der Waals surface area contributed by atoms with Crippen LogP contribution >= 0.6 is 0 Å². The highest BCUT2D eigenvalue weighted by molar-refractivity contribution is 5.78. The minimum absolute atomic E-state index is 0.101. The lowest BCUT2D eigenvalue weighted by Crippen LogP contribution is -2.41. The van der Waals surface area contributed by atoms with Crippen molar-refractivity contribution in [3.05, 3.63) is 41.6 Å². The van der Waals surface area contributed by atoms with Gasteiger partial charge in [-0.1, -0.05) is 43.5 Å². The van der Waals surface area contributed by atoms with E-state index in [1.165, 1.54) is 48.8 Å². The first-order valence-corrected chi connectivity index (χ1v) is 11.2. The summed E-state index contributed by atoms with van der Waals surface area (Å²) >= 11 is 0. The van der Waals surface area contributed by atoms with Gasteiger partial charge in [0.25, 0.3) is 0 Å². The fourth-order valence-corrected chi connectivity index (χ4v) is 5.10. The van der Waals surface area contributed by atoms with Gasteiger partial charge >= 0.3 is 0 Å². The molecule has 5 nitrogen and oxygen atoms in total. The van der Waals surface area contributed by atoms with Gasteiger partial charge in [-0.25, -0.2) is 0 Å². The molecule has 1 atom stereocenters. The average Bonchev–Trinajstić information content (AvgIpc) is 3.14. The van der Waals surface area contributed by atoms with Crippen LogP contribution in [0.25, 0.3) is 11.3 Å². The third-order valence-electron chi connectivity index (χ3n) is 6.68. The molecule has 0 spiro atoms. The second-order valence-electron chi connectivity index (χ2n) is 8.82. The summed E-state index contributed by atoms with van der Waals surface area (Å²) in [6, 6.07) is 9.12. The second kappa shape index (κ2) is 9.12. The van der Waals surface area contributed by atoms with Gasteiger partial charge in [0.2, 0.25) is 5.91 Å². The molecule has 2 heterocycles. The molecule has 156 valence electrons. The minimum atomic E-state index is 0.101. The van der Waals surface area contributed by atoms with E-state index < -0.39 is 0 Å². The Bertz CT molecular complexity index is 820. The summed E-state index contributed by atoms with van der Waals surface area (Å²) in [6.45, 7) is 2.72. The largest absolute Gasteiger partial charge is 0.359 e. The molecule has 29 heavy (non-hydrogen) atoms. The van der Waals surface area contributed by atoms with Crippen LogP contribution in [0.5, 0.6) is 0 Å². The monoisotopic (exact) mass is 394 g/mol. The van der Waals surface area contributed by atoms with Crippen molar-refractivity contribution in [2.45, 2.75) is 57.4 Å². The summed E-state index contributed by atoms with van der Waals surface area (Å²) in [5.41, 5.74) is 5.00. The van der Waals surface area contributed by atoms with Crippen molar-refractivity contribution in [1.82, 2.24) is 20.0 Å². The van der Waals surface area contributed by atoms with Crippen molar-refractivity contribution in [3.63, 3.8) is 0 Å². The molecule has 0 unspecified atom stereocenters. The molecule has 5 heteroatoms. The predicted molar refractivity (Wildman–Crippen MR) is 117 cm³/mol. The zero-order valence-corrected chi connectivity index (χ0v) is 17.9. The van der Waals surface area contributed by atoms with Gasteiger partial charge in [0, 0.05) is 44.5 Å². The molecule has 1 aliphatic carbocycles. The quantitative estimate of drug-likeness (QED) is 0.831. The fourth-order valence-electron chi connectivity index (χ4n) is 5.10. The topological polar surface area (TPSA) is 50.2 Å². The van der Waals surface area contributed by atoms with Crippen LogP contribution in [-0.2, 0) is 18.4 Å². The molecule has 4 rings (SSSR count). The minimum Gasteiger partial charge on any atom is -0.359 e. The summed E-state index contributed by atoms with van der Waals surface area (Å²) in [5.74, 6) is 0.999. The highest BCUT2D eigenvalue weighted by atomic mass is 16.1. The number of aryl methyl sites for hydroxylation is 1. The van der Waals surface area contributed by atoms with E-state index in [4.69, 9.17) is 5.10 Å². The van der Waals surface area contributed by atoms with E-state index in [0.29, 0.717) is 0 Å². The summed E-state index contributed by atoms with van der Waals surface area (Å²) in [6.07, 6.45) is 11.0. The number of carbonyl (C=O) groups excluding carboxylic acids is 1. The Labute approximate surface area is 174 Å². The maximum atomic E-state index is 12.1. The van der Waals surface area contributed by atoms with Crippen LogP contribution in [0.2, 0.25) is 0 Å². The molecule has 1 amide bonds. The molecular formula is C24H34N4O. The first-order valence-electron chi connectivity index (χ1n) is 11.2. The van der Waals surface area contributed by atoms with Gasteiger partial charge in [0.1, 0.15) is 0 Å². The van der Waals surface area contributed by atoms with E-state index in [0.717, 1.165) is 44.1 Å². The lowest BCUT2D eigenvalue weighted by Gasteiger charge is -2.31. The van der Waals surface area contributed by atoms with Gasteiger partial charge in [-0.15, -0.1) is 0 Å². The molecule has 1 saturated heterocycles. The molecule has 0 bridgehead atoms. The Morgan fingerprint density at radius 3 is 2.59 bits per heavy atom. The second-order valence-corrected chi connectivity index (χ2v) is 8.82. The van der Waals surface area contributed by atoms with Crippen LogP contribution in [-0.4, -0.2) is 40.7 Å².